The highest BCUT2D eigenvalue weighted by Crippen LogP contribution is 2.43. The number of hydrogen-bond acceptors (Lipinski definition) is 3. The number of esters is 1. The van der Waals surface area contributed by atoms with Gasteiger partial charge in [0.25, 0.3) is 0 Å². The predicted molar refractivity (Wildman–Crippen MR) is 60.8 cm³/mol. The minimum atomic E-state index is -0.345. The van der Waals surface area contributed by atoms with Crippen LogP contribution in [0.1, 0.15) is 39.0 Å². The molecule has 92 valence electrons. The maximum Gasteiger partial charge on any atom is 0.308 e. The fourth-order valence-corrected chi connectivity index (χ4v) is 2.71. The lowest BCUT2D eigenvalue weighted by molar-refractivity contribution is -0.147. The van der Waals surface area contributed by atoms with Crippen LogP contribution >= 0.6 is 0 Å². The number of ether oxygens (including phenoxy) is 1. The van der Waals surface area contributed by atoms with Crippen molar-refractivity contribution in [1.29, 1.82) is 0 Å². The summed E-state index contributed by atoms with van der Waals surface area (Å²) in [6.07, 6.45) is 4.50. The molecule has 0 aromatic carbocycles. The van der Waals surface area contributed by atoms with Crippen molar-refractivity contribution >= 4 is 11.9 Å². The van der Waals surface area contributed by atoms with Crippen LogP contribution < -0.4 is 5.32 Å². The van der Waals surface area contributed by atoms with Crippen LogP contribution in [0.25, 0.3) is 0 Å². The predicted octanol–water partition coefficient (Wildman–Crippen LogP) is 1.49. The lowest BCUT2D eigenvalue weighted by atomic mass is 9.77. The highest BCUT2D eigenvalue weighted by Gasteiger charge is 2.42. The molecular formula is C12H21NO3. The van der Waals surface area contributed by atoms with E-state index in [-0.39, 0.29) is 23.2 Å². The molecule has 1 saturated carbocycles. The molecule has 1 unspecified atom stereocenters. The molecule has 0 bridgehead atoms. The van der Waals surface area contributed by atoms with Crippen molar-refractivity contribution in [2.45, 2.75) is 39.0 Å². The summed E-state index contributed by atoms with van der Waals surface area (Å²) < 4.78 is 4.71. The maximum absolute atomic E-state index is 11.9. The first-order chi connectivity index (χ1) is 7.55. The van der Waals surface area contributed by atoms with E-state index < -0.39 is 0 Å². The number of methoxy groups -OCH3 is 1. The van der Waals surface area contributed by atoms with Gasteiger partial charge in [-0.3, -0.25) is 9.59 Å². The third-order valence-corrected chi connectivity index (χ3v) is 3.57. The van der Waals surface area contributed by atoms with Gasteiger partial charge in [-0.05, 0) is 19.3 Å². The van der Waals surface area contributed by atoms with E-state index >= 15 is 0 Å². The third-order valence-electron chi connectivity index (χ3n) is 3.57. The van der Waals surface area contributed by atoms with Gasteiger partial charge in [-0.25, -0.2) is 0 Å². The summed E-state index contributed by atoms with van der Waals surface area (Å²) in [5.41, 5.74) is -0.345. The van der Waals surface area contributed by atoms with E-state index in [0.717, 1.165) is 25.7 Å². The second-order valence-electron chi connectivity index (χ2n) is 4.69. The highest BCUT2D eigenvalue weighted by molar-refractivity contribution is 5.83. The average Bonchev–Trinajstić information content (AvgIpc) is 2.76. The minimum absolute atomic E-state index is 0.0701. The molecule has 1 fully saturated rings. The Kier molecular flexibility index (Phi) is 4.33. The maximum atomic E-state index is 11.9. The lowest BCUT2D eigenvalue weighted by Crippen LogP contribution is -2.39. The summed E-state index contributed by atoms with van der Waals surface area (Å²) in [5, 5.41) is 2.72. The number of hydrogen-bond donors (Lipinski definition) is 1. The fourth-order valence-electron chi connectivity index (χ4n) is 2.71. The van der Waals surface area contributed by atoms with Gasteiger partial charge in [0.15, 0.2) is 0 Å². The van der Waals surface area contributed by atoms with Crippen LogP contribution in [-0.4, -0.2) is 26.0 Å². The molecule has 1 aliphatic rings. The molecule has 1 aliphatic carbocycles. The Balaban J connectivity index is 2.72. The fraction of sp³-hybridized carbons (Fsp3) is 0.833. The van der Waals surface area contributed by atoms with Crippen LogP contribution in [0.3, 0.4) is 0 Å². The molecule has 0 heterocycles. The second-order valence-corrected chi connectivity index (χ2v) is 4.69. The summed E-state index contributed by atoms with van der Waals surface area (Å²) >= 11 is 0. The van der Waals surface area contributed by atoms with Crippen molar-refractivity contribution in [1.82, 2.24) is 5.32 Å². The Labute approximate surface area is 96.7 Å². The van der Waals surface area contributed by atoms with Gasteiger partial charge < -0.3 is 10.1 Å². The SMILES string of the molecule is CNC(=O)C1(CC(C)C(=O)OC)CCCC1. The molecule has 0 aromatic rings. The van der Waals surface area contributed by atoms with Crippen LogP contribution in [0.2, 0.25) is 0 Å². The topological polar surface area (TPSA) is 55.4 Å². The molecular weight excluding hydrogens is 206 g/mol. The van der Waals surface area contributed by atoms with E-state index in [1.807, 2.05) is 6.92 Å². The van der Waals surface area contributed by atoms with Crippen LogP contribution in [0, 0.1) is 11.3 Å². The van der Waals surface area contributed by atoms with Crippen LogP contribution in [0.5, 0.6) is 0 Å². The Morgan fingerprint density at radius 2 is 1.94 bits per heavy atom. The van der Waals surface area contributed by atoms with E-state index in [9.17, 15) is 9.59 Å². The molecule has 0 spiro atoms. The van der Waals surface area contributed by atoms with Crippen LogP contribution in [0.4, 0.5) is 0 Å². The van der Waals surface area contributed by atoms with E-state index in [1.165, 1.54) is 7.11 Å². The minimum Gasteiger partial charge on any atom is -0.469 e. The van der Waals surface area contributed by atoms with Crippen molar-refractivity contribution in [2.24, 2.45) is 11.3 Å². The molecule has 0 aliphatic heterocycles. The normalized spacial score (nSPS) is 20.2. The van der Waals surface area contributed by atoms with Crippen molar-refractivity contribution in [3.63, 3.8) is 0 Å². The monoisotopic (exact) mass is 227 g/mol. The molecule has 1 amide bonds. The number of nitrogens with one attached hydrogen (secondary N) is 1. The molecule has 1 rings (SSSR count). The van der Waals surface area contributed by atoms with Gasteiger partial charge in [-0.1, -0.05) is 19.8 Å². The molecule has 0 saturated heterocycles. The average molecular weight is 227 g/mol. The van der Waals surface area contributed by atoms with Gasteiger partial charge in [0.1, 0.15) is 0 Å². The van der Waals surface area contributed by atoms with E-state index in [1.54, 1.807) is 7.05 Å². The second kappa shape index (κ2) is 5.32. The largest absolute Gasteiger partial charge is 0.469 e. The van der Waals surface area contributed by atoms with Gasteiger partial charge in [-0.2, -0.15) is 0 Å². The van der Waals surface area contributed by atoms with Crippen molar-refractivity contribution in [3.05, 3.63) is 0 Å². The highest BCUT2D eigenvalue weighted by atomic mass is 16.5. The Bertz CT molecular complexity index is 269. The number of carbonyl (C=O) groups excluding carboxylic acids is 2. The summed E-state index contributed by atoms with van der Waals surface area (Å²) in [6, 6.07) is 0. The molecule has 0 radical (unpaired) electrons. The zero-order valence-corrected chi connectivity index (χ0v) is 10.3. The van der Waals surface area contributed by atoms with Gasteiger partial charge in [0.2, 0.25) is 5.91 Å². The lowest BCUT2D eigenvalue weighted by Gasteiger charge is -2.28. The third kappa shape index (κ3) is 2.54. The summed E-state index contributed by atoms with van der Waals surface area (Å²) in [5.74, 6) is -0.365. The molecule has 1 atom stereocenters. The van der Waals surface area contributed by atoms with E-state index in [4.69, 9.17) is 4.74 Å². The number of carbonyl (C=O) groups is 2. The quantitative estimate of drug-likeness (QED) is 0.740. The Morgan fingerprint density at radius 1 is 1.38 bits per heavy atom. The molecule has 1 N–H and O–H groups in total. The summed E-state index contributed by atoms with van der Waals surface area (Å²) in [4.78, 5) is 23.3. The zero-order chi connectivity index (χ0) is 12.2. The van der Waals surface area contributed by atoms with Crippen LogP contribution in [-0.2, 0) is 14.3 Å². The van der Waals surface area contributed by atoms with E-state index in [0.29, 0.717) is 6.42 Å². The molecule has 4 heteroatoms. The van der Waals surface area contributed by atoms with E-state index in [2.05, 4.69) is 5.32 Å². The molecule has 4 nitrogen and oxygen atoms in total. The first-order valence-electron chi connectivity index (χ1n) is 5.86. The van der Waals surface area contributed by atoms with Crippen molar-refractivity contribution in [2.75, 3.05) is 14.2 Å². The Hall–Kier alpha value is -1.06. The van der Waals surface area contributed by atoms with Gasteiger partial charge in [0.05, 0.1) is 13.0 Å². The standard InChI is InChI=1S/C12H21NO3/c1-9(10(14)16-3)8-12(11(15)13-2)6-4-5-7-12/h9H,4-8H2,1-3H3,(H,13,15). The number of rotatable bonds is 4. The summed E-state index contributed by atoms with van der Waals surface area (Å²) in [6.45, 7) is 1.83. The van der Waals surface area contributed by atoms with Gasteiger partial charge in [0, 0.05) is 12.5 Å². The Morgan fingerprint density at radius 3 is 2.38 bits per heavy atom. The first-order valence-corrected chi connectivity index (χ1v) is 5.86. The van der Waals surface area contributed by atoms with Gasteiger partial charge >= 0.3 is 5.97 Å². The van der Waals surface area contributed by atoms with Gasteiger partial charge in [-0.15, -0.1) is 0 Å². The smallest absolute Gasteiger partial charge is 0.308 e. The zero-order valence-electron chi connectivity index (χ0n) is 10.3. The molecule has 16 heavy (non-hydrogen) atoms. The van der Waals surface area contributed by atoms with Crippen molar-refractivity contribution < 1.29 is 14.3 Å². The first kappa shape index (κ1) is 13.0. The van der Waals surface area contributed by atoms with Crippen LogP contribution in [0.15, 0.2) is 0 Å². The number of amides is 1. The summed E-state index contributed by atoms with van der Waals surface area (Å²) in [7, 11) is 3.05. The molecule has 0 aromatic heterocycles. The van der Waals surface area contributed by atoms with Crippen molar-refractivity contribution in [3.8, 4) is 0 Å².